The highest BCUT2D eigenvalue weighted by molar-refractivity contribution is 6.30. The van der Waals surface area contributed by atoms with Crippen molar-refractivity contribution >= 4 is 23.2 Å². The molecule has 0 bridgehead atoms. The van der Waals surface area contributed by atoms with E-state index in [1.165, 1.54) is 25.1 Å². The summed E-state index contributed by atoms with van der Waals surface area (Å²) in [4.78, 5) is 17.3. The van der Waals surface area contributed by atoms with Crippen LogP contribution in [0.3, 0.4) is 0 Å². The number of hydrogen-bond donors (Lipinski definition) is 1. The van der Waals surface area contributed by atoms with E-state index in [-0.39, 0.29) is 21.9 Å². The first-order valence-electron chi connectivity index (χ1n) is 10.8. The molecule has 0 spiro atoms. The molecule has 0 aromatic heterocycles. The number of amides is 1. The molecule has 1 aliphatic carbocycles. The summed E-state index contributed by atoms with van der Waals surface area (Å²) in [6.45, 7) is 2.07. The normalized spacial score (nSPS) is 22.0. The van der Waals surface area contributed by atoms with Gasteiger partial charge in [-0.15, -0.1) is 0 Å². The first kappa shape index (κ1) is 26.2. The summed E-state index contributed by atoms with van der Waals surface area (Å²) >= 11 is 5.86. The minimum atomic E-state index is -5.04. The molecule has 0 unspecified atom stereocenters. The molecule has 4 nitrogen and oxygen atoms in total. The lowest BCUT2D eigenvalue weighted by Crippen LogP contribution is -2.50. The number of nitrogens with one attached hydrogen (secondary N) is 1. The van der Waals surface area contributed by atoms with Crippen molar-refractivity contribution in [2.45, 2.75) is 62.8 Å². The van der Waals surface area contributed by atoms with Gasteiger partial charge >= 0.3 is 6.18 Å². The summed E-state index contributed by atoms with van der Waals surface area (Å²) in [5, 5.41) is 5.79. The fraction of sp³-hybridized carbons (Fsp3) is 0.417. The van der Waals surface area contributed by atoms with Gasteiger partial charge in [-0.1, -0.05) is 22.8 Å². The fourth-order valence-electron chi connectivity index (χ4n) is 4.26. The molecule has 0 radical (unpaired) electrons. The zero-order valence-electron chi connectivity index (χ0n) is 19.0. The average Bonchev–Trinajstić information content (AvgIpc) is 3.18. The van der Waals surface area contributed by atoms with Crippen LogP contribution in [0.25, 0.3) is 0 Å². The van der Waals surface area contributed by atoms with Gasteiger partial charge in [-0.25, -0.2) is 17.6 Å². The zero-order chi connectivity index (χ0) is 26.7. The number of alkyl halides is 7. The molecule has 1 fully saturated rings. The Labute approximate surface area is 206 Å². The van der Waals surface area contributed by atoms with Crippen molar-refractivity contribution in [3.63, 3.8) is 0 Å². The van der Waals surface area contributed by atoms with Crippen molar-refractivity contribution in [1.82, 2.24) is 5.32 Å². The molecule has 0 saturated heterocycles. The van der Waals surface area contributed by atoms with Gasteiger partial charge in [-0.3, -0.25) is 4.79 Å². The van der Waals surface area contributed by atoms with Crippen LogP contribution in [0.1, 0.15) is 58.8 Å². The first-order valence-corrected chi connectivity index (χ1v) is 11.2. The Morgan fingerprint density at radius 2 is 1.78 bits per heavy atom. The largest absolute Gasteiger partial charge is 0.435 e. The van der Waals surface area contributed by atoms with Crippen molar-refractivity contribution in [1.29, 1.82) is 0 Å². The van der Waals surface area contributed by atoms with Crippen molar-refractivity contribution < 1.29 is 40.4 Å². The van der Waals surface area contributed by atoms with E-state index >= 15 is 0 Å². The van der Waals surface area contributed by atoms with Gasteiger partial charge in [-0.2, -0.15) is 13.2 Å². The van der Waals surface area contributed by atoms with E-state index in [1.807, 2.05) is 0 Å². The van der Waals surface area contributed by atoms with Crippen LogP contribution in [0, 0.1) is 6.92 Å². The van der Waals surface area contributed by atoms with Gasteiger partial charge in [0.2, 0.25) is 0 Å². The lowest BCUT2D eigenvalue weighted by atomic mass is 9.85. The Kier molecular flexibility index (Phi) is 6.30. The van der Waals surface area contributed by atoms with Gasteiger partial charge in [0.1, 0.15) is 0 Å². The lowest BCUT2D eigenvalue weighted by Gasteiger charge is -2.35. The third-order valence-corrected chi connectivity index (χ3v) is 6.50. The topological polar surface area (TPSA) is 50.7 Å². The number of carbonyl (C=O) groups is 1. The molecule has 194 valence electrons. The smallest absolute Gasteiger partial charge is 0.374 e. The molecule has 1 atom stereocenters. The Morgan fingerprint density at radius 3 is 2.33 bits per heavy atom. The summed E-state index contributed by atoms with van der Waals surface area (Å²) in [7, 11) is 0. The van der Waals surface area contributed by atoms with Crippen LogP contribution in [-0.2, 0) is 16.4 Å². The number of halogens is 8. The Hall–Kier alpha value is -2.82. The van der Waals surface area contributed by atoms with E-state index in [4.69, 9.17) is 16.4 Å². The second-order valence-electron chi connectivity index (χ2n) is 9.21. The Bertz CT molecular complexity index is 1230. The molecule has 1 N–H and O–H groups in total. The molecule has 12 heteroatoms. The summed E-state index contributed by atoms with van der Waals surface area (Å²) in [5.41, 5.74) is -3.74. The molecule has 2 aromatic carbocycles. The lowest BCUT2D eigenvalue weighted by molar-refractivity contribution is -0.275. The van der Waals surface area contributed by atoms with Crippen molar-refractivity contribution in [2.75, 3.05) is 0 Å². The van der Waals surface area contributed by atoms with Gasteiger partial charge in [-0.05, 0) is 48.4 Å². The van der Waals surface area contributed by atoms with Crippen LogP contribution < -0.4 is 5.32 Å². The molecule has 36 heavy (non-hydrogen) atoms. The van der Waals surface area contributed by atoms with Crippen molar-refractivity contribution in [3.8, 4) is 0 Å². The SMILES string of the molecule is Cc1cc(C2=NO[C@@](c3cc(Cl)cc(C(C)(F)F)c3)(C(F)(F)F)C2)ccc1C(=O)NC1CC(F)(F)C1. The highest BCUT2D eigenvalue weighted by Crippen LogP contribution is 2.50. The van der Waals surface area contributed by atoms with Gasteiger partial charge in [0, 0.05) is 53.9 Å². The highest BCUT2D eigenvalue weighted by atomic mass is 35.5. The number of oxime groups is 1. The number of nitrogens with zero attached hydrogens (tertiary/aromatic N) is 1. The second-order valence-corrected chi connectivity index (χ2v) is 9.65. The third-order valence-electron chi connectivity index (χ3n) is 6.29. The maximum absolute atomic E-state index is 14.3. The van der Waals surface area contributed by atoms with E-state index < -0.39 is 66.0 Å². The molecule has 2 aliphatic rings. The van der Waals surface area contributed by atoms with Crippen LogP contribution in [0.15, 0.2) is 41.6 Å². The number of aryl methyl sites for hydroxylation is 1. The van der Waals surface area contributed by atoms with Crippen LogP contribution in [0.5, 0.6) is 0 Å². The molecule has 1 heterocycles. The van der Waals surface area contributed by atoms with Crippen LogP contribution in [-0.4, -0.2) is 29.8 Å². The monoisotopic (exact) mass is 536 g/mol. The van der Waals surface area contributed by atoms with Crippen molar-refractivity contribution in [3.05, 3.63) is 69.2 Å². The molecular formula is C24H20ClF7N2O2. The number of hydrogen-bond acceptors (Lipinski definition) is 3. The molecular weight excluding hydrogens is 517 g/mol. The summed E-state index contributed by atoms with van der Waals surface area (Å²) < 4.78 is 96.6. The van der Waals surface area contributed by atoms with E-state index in [9.17, 15) is 35.5 Å². The van der Waals surface area contributed by atoms with Crippen LogP contribution in [0.4, 0.5) is 30.7 Å². The predicted molar refractivity (Wildman–Crippen MR) is 118 cm³/mol. The quantitative estimate of drug-likeness (QED) is 0.424. The number of benzene rings is 2. The molecule has 1 amide bonds. The van der Waals surface area contributed by atoms with E-state index in [1.54, 1.807) is 0 Å². The zero-order valence-corrected chi connectivity index (χ0v) is 19.7. The first-order chi connectivity index (χ1) is 16.5. The van der Waals surface area contributed by atoms with E-state index in [0.29, 0.717) is 18.6 Å². The fourth-order valence-corrected chi connectivity index (χ4v) is 4.49. The van der Waals surface area contributed by atoms with E-state index in [0.717, 1.165) is 12.1 Å². The highest BCUT2D eigenvalue weighted by Gasteiger charge is 2.62. The minimum absolute atomic E-state index is 0.120. The summed E-state index contributed by atoms with van der Waals surface area (Å²) in [6, 6.07) is 5.94. The van der Waals surface area contributed by atoms with Crippen molar-refractivity contribution in [2.24, 2.45) is 5.16 Å². The summed E-state index contributed by atoms with van der Waals surface area (Å²) in [6.07, 6.45) is -6.78. The minimum Gasteiger partial charge on any atom is -0.374 e. The predicted octanol–water partition coefficient (Wildman–Crippen LogP) is 6.87. The molecule has 1 saturated carbocycles. The average molecular weight is 537 g/mol. The van der Waals surface area contributed by atoms with Gasteiger partial charge in [0.25, 0.3) is 23.4 Å². The Balaban J connectivity index is 1.60. The Morgan fingerprint density at radius 1 is 1.11 bits per heavy atom. The van der Waals surface area contributed by atoms with Gasteiger partial charge in [0.05, 0.1) is 5.71 Å². The molecule has 2 aromatic rings. The maximum atomic E-state index is 14.3. The standard InChI is InChI=1S/C24H20ClF7N2O2/c1-12-5-13(3-4-18(12)20(35)33-17-9-22(28,29)10-17)19-11-23(36-34-19,24(30,31)32)15-6-14(21(2,26)27)7-16(25)8-15/h3-8,17H,9-11H2,1-2H3,(H,33,35)/t23-/m0/s1. The molecule has 1 aliphatic heterocycles. The van der Waals surface area contributed by atoms with E-state index in [2.05, 4.69) is 10.5 Å². The third kappa shape index (κ3) is 4.89. The van der Waals surface area contributed by atoms with Crippen LogP contribution >= 0.6 is 11.6 Å². The molecule has 4 rings (SSSR count). The number of carbonyl (C=O) groups excluding carboxylic acids is 1. The van der Waals surface area contributed by atoms with Gasteiger partial charge in [0.15, 0.2) is 0 Å². The maximum Gasteiger partial charge on any atom is 0.435 e. The second kappa shape index (κ2) is 8.64. The number of rotatable bonds is 5. The van der Waals surface area contributed by atoms with Crippen LogP contribution in [0.2, 0.25) is 5.02 Å². The summed E-state index contributed by atoms with van der Waals surface area (Å²) in [5.74, 6) is -6.84. The van der Waals surface area contributed by atoms with Gasteiger partial charge < -0.3 is 10.2 Å².